The molecule has 4 rings (SSSR count). The highest BCUT2D eigenvalue weighted by Gasteiger charge is 2.34. The molecule has 2 aliphatic heterocycles. The summed E-state index contributed by atoms with van der Waals surface area (Å²) in [5, 5.41) is 2.87. The second-order valence-electron chi connectivity index (χ2n) is 6.89. The monoisotopic (exact) mass is 357 g/mol. The van der Waals surface area contributed by atoms with Crippen molar-refractivity contribution < 1.29 is 14.0 Å². The summed E-state index contributed by atoms with van der Waals surface area (Å²) in [5.74, 6) is 1.56. The lowest BCUT2D eigenvalue weighted by Crippen LogP contribution is -2.56. The van der Waals surface area contributed by atoms with Gasteiger partial charge < -0.3 is 19.6 Å². The molecule has 1 atom stereocenters. The van der Waals surface area contributed by atoms with Crippen molar-refractivity contribution in [1.82, 2.24) is 25.1 Å². The maximum atomic E-state index is 12.8. The Balaban J connectivity index is 1.43. The Kier molecular flexibility index (Phi) is 4.50. The van der Waals surface area contributed by atoms with Crippen LogP contribution in [0, 0.1) is 6.92 Å². The first kappa shape index (κ1) is 16.8. The summed E-state index contributed by atoms with van der Waals surface area (Å²) in [4.78, 5) is 36.4. The Hall–Kier alpha value is -2.61. The number of aryl methyl sites for hydroxylation is 1. The van der Waals surface area contributed by atoms with Gasteiger partial charge in [0, 0.05) is 26.1 Å². The van der Waals surface area contributed by atoms with E-state index < -0.39 is 6.04 Å². The summed E-state index contributed by atoms with van der Waals surface area (Å²) in [6.45, 7) is 4.89. The van der Waals surface area contributed by atoms with Crippen LogP contribution in [0.25, 0.3) is 0 Å². The third-order valence-electron chi connectivity index (χ3n) is 5.09. The van der Waals surface area contributed by atoms with E-state index in [4.69, 9.17) is 4.42 Å². The van der Waals surface area contributed by atoms with Gasteiger partial charge >= 0.3 is 0 Å². The van der Waals surface area contributed by atoms with Crippen molar-refractivity contribution in [2.24, 2.45) is 0 Å². The lowest BCUT2D eigenvalue weighted by Gasteiger charge is -2.35. The smallest absolute Gasteiger partial charge is 0.237 e. The molecule has 0 radical (unpaired) electrons. The van der Waals surface area contributed by atoms with Gasteiger partial charge in [0.25, 0.3) is 0 Å². The molecule has 2 aromatic rings. The van der Waals surface area contributed by atoms with E-state index in [-0.39, 0.29) is 18.2 Å². The van der Waals surface area contributed by atoms with E-state index in [9.17, 15) is 9.59 Å². The molecule has 0 aromatic carbocycles. The zero-order chi connectivity index (χ0) is 18.1. The number of nitrogens with zero attached hydrogens (tertiary/aromatic N) is 3. The minimum absolute atomic E-state index is 0.00655. The molecular formula is C18H23N5O3. The van der Waals surface area contributed by atoms with Crippen LogP contribution in [0.4, 0.5) is 0 Å². The highest BCUT2D eigenvalue weighted by Crippen LogP contribution is 2.20. The number of imidazole rings is 1. The Morgan fingerprint density at radius 2 is 2.27 bits per heavy atom. The summed E-state index contributed by atoms with van der Waals surface area (Å²) >= 11 is 0. The quantitative estimate of drug-likeness (QED) is 0.835. The van der Waals surface area contributed by atoms with E-state index >= 15 is 0 Å². The van der Waals surface area contributed by atoms with Crippen LogP contribution < -0.4 is 5.32 Å². The second kappa shape index (κ2) is 6.95. The van der Waals surface area contributed by atoms with Crippen LogP contribution in [0.2, 0.25) is 0 Å². The van der Waals surface area contributed by atoms with Crippen molar-refractivity contribution in [1.29, 1.82) is 0 Å². The Morgan fingerprint density at radius 3 is 3.08 bits per heavy atom. The first-order valence-corrected chi connectivity index (χ1v) is 8.96. The summed E-state index contributed by atoms with van der Waals surface area (Å²) in [5.41, 5.74) is 2.01. The number of aromatic amines is 1. The molecule has 2 aromatic heterocycles. The number of furan rings is 1. The van der Waals surface area contributed by atoms with Crippen LogP contribution in [-0.2, 0) is 29.1 Å². The van der Waals surface area contributed by atoms with Crippen LogP contribution in [0.5, 0.6) is 0 Å². The van der Waals surface area contributed by atoms with Crippen molar-refractivity contribution in [3.63, 3.8) is 0 Å². The molecule has 1 saturated heterocycles. The fourth-order valence-corrected chi connectivity index (χ4v) is 3.66. The number of H-pyrrole nitrogens is 1. The summed E-state index contributed by atoms with van der Waals surface area (Å²) < 4.78 is 5.64. The van der Waals surface area contributed by atoms with Crippen LogP contribution in [0.1, 0.15) is 29.3 Å². The molecule has 4 heterocycles. The average molecular weight is 357 g/mol. The van der Waals surface area contributed by atoms with Gasteiger partial charge in [-0.2, -0.15) is 0 Å². The van der Waals surface area contributed by atoms with Gasteiger partial charge in [0.1, 0.15) is 11.5 Å². The molecule has 8 nitrogen and oxygen atoms in total. The van der Waals surface area contributed by atoms with E-state index in [1.807, 2.05) is 24.0 Å². The Bertz CT molecular complexity index is 811. The third-order valence-corrected chi connectivity index (χ3v) is 5.09. The van der Waals surface area contributed by atoms with Crippen LogP contribution in [-0.4, -0.2) is 57.3 Å². The lowest BCUT2D eigenvalue weighted by molar-refractivity contribution is -0.139. The number of hydrogen-bond donors (Lipinski definition) is 2. The van der Waals surface area contributed by atoms with Crippen LogP contribution in [0.3, 0.4) is 0 Å². The standard InChI is InChI=1S/C18H23N5O3/c1-12-2-3-13(26-12)9-22-7-5-19-18(25)16(22)8-17(24)23-6-4-14-15(10-23)21-11-20-14/h2-3,11,16H,4-10H2,1H3,(H,19,25)(H,20,21)/t16-/m0/s1. The van der Waals surface area contributed by atoms with Gasteiger partial charge in [-0.05, 0) is 19.1 Å². The highest BCUT2D eigenvalue weighted by molar-refractivity contribution is 5.88. The summed E-state index contributed by atoms with van der Waals surface area (Å²) in [7, 11) is 0. The molecule has 26 heavy (non-hydrogen) atoms. The fourth-order valence-electron chi connectivity index (χ4n) is 3.66. The van der Waals surface area contributed by atoms with Crippen LogP contribution in [0.15, 0.2) is 22.9 Å². The molecule has 0 saturated carbocycles. The van der Waals surface area contributed by atoms with E-state index in [0.717, 1.165) is 29.3 Å². The van der Waals surface area contributed by atoms with Crippen molar-refractivity contribution in [3.05, 3.63) is 41.4 Å². The lowest BCUT2D eigenvalue weighted by atomic mass is 10.1. The molecule has 1 fully saturated rings. The van der Waals surface area contributed by atoms with Crippen molar-refractivity contribution in [3.8, 4) is 0 Å². The van der Waals surface area contributed by atoms with Gasteiger partial charge in [0.15, 0.2) is 0 Å². The zero-order valence-electron chi connectivity index (χ0n) is 14.8. The van der Waals surface area contributed by atoms with Gasteiger partial charge in [-0.3, -0.25) is 14.5 Å². The molecule has 0 aliphatic carbocycles. The van der Waals surface area contributed by atoms with Gasteiger partial charge in [0.2, 0.25) is 11.8 Å². The number of aromatic nitrogens is 2. The molecule has 8 heteroatoms. The van der Waals surface area contributed by atoms with Gasteiger partial charge in [-0.15, -0.1) is 0 Å². The van der Waals surface area contributed by atoms with Gasteiger partial charge in [-0.1, -0.05) is 0 Å². The predicted octanol–water partition coefficient (Wildman–Crippen LogP) is 0.587. The molecule has 2 aliphatic rings. The number of hydrogen-bond acceptors (Lipinski definition) is 5. The van der Waals surface area contributed by atoms with E-state index in [1.165, 1.54) is 0 Å². The normalized spacial score (nSPS) is 20.7. The van der Waals surface area contributed by atoms with E-state index in [2.05, 4.69) is 15.3 Å². The summed E-state index contributed by atoms with van der Waals surface area (Å²) in [6, 6.07) is 3.37. The minimum Gasteiger partial charge on any atom is -0.465 e. The number of carbonyl (C=O) groups is 2. The van der Waals surface area contributed by atoms with E-state index in [1.54, 1.807) is 11.2 Å². The molecule has 0 spiro atoms. The number of amides is 2. The number of carbonyl (C=O) groups excluding carboxylic acids is 2. The first-order chi connectivity index (χ1) is 12.6. The van der Waals surface area contributed by atoms with Crippen LogP contribution >= 0.6 is 0 Å². The minimum atomic E-state index is -0.468. The molecule has 138 valence electrons. The second-order valence-corrected chi connectivity index (χ2v) is 6.89. The Labute approximate surface area is 151 Å². The number of fused-ring (bicyclic) bond motifs is 1. The van der Waals surface area contributed by atoms with Crippen molar-refractivity contribution in [2.45, 2.75) is 38.9 Å². The number of rotatable bonds is 4. The fraction of sp³-hybridized carbons (Fsp3) is 0.500. The highest BCUT2D eigenvalue weighted by atomic mass is 16.3. The zero-order valence-corrected chi connectivity index (χ0v) is 14.8. The average Bonchev–Trinajstić information content (AvgIpc) is 3.25. The molecule has 2 amide bonds. The number of piperazine rings is 1. The molecule has 0 bridgehead atoms. The SMILES string of the molecule is Cc1ccc(CN2CCNC(=O)[C@@H]2CC(=O)N2CCc3nc[nH]c3C2)o1. The predicted molar refractivity (Wildman–Crippen MR) is 93.0 cm³/mol. The first-order valence-electron chi connectivity index (χ1n) is 8.96. The van der Waals surface area contributed by atoms with Gasteiger partial charge in [-0.25, -0.2) is 4.98 Å². The van der Waals surface area contributed by atoms with Gasteiger partial charge in [0.05, 0.1) is 43.3 Å². The topological polar surface area (TPSA) is 94.5 Å². The molecule has 2 N–H and O–H groups in total. The Morgan fingerprint density at radius 1 is 1.38 bits per heavy atom. The van der Waals surface area contributed by atoms with Crippen molar-refractivity contribution >= 4 is 11.8 Å². The largest absolute Gasteiger partial charge is 0.465 e. The number of nitrogens with one attached hydrogen (secondary N) is 2. The van der Waals surface area contributed by atoms with Crippen molar-refractivity contribution in [2.75, 3.05) is 19.6 Å². The van der Waals surface area contributed by atoms with E-state index in [0.29, 0.717) is 32.7 Å². The third kappa shape index (κ3) is 3.37. The summed E-state index contributed by atoms with van der Waals surface area (Å²) in [6.07, 6.45) is 2.59. The maximum absolute atomic E-state index is 12.8. The molecule has 0 unspecified atom stereocenters. The maximum Gasteiger partial charge on any atom is 0.237 e. The molecular weight excluding hydrogens is 334 g/mol.